The van der Waals surface area contributed by atoms with Gasteiger partial charge in [-0.3, -0.25) is 0 Å². The zero-order valence-corrected chi connectivity index (χ0v) is 20.0. The lowest BCUT2D eigenvalue weighted by Gasteiger charge is -2.06. The monoisotopic (exact) mass is 471 g/mol. The number of anilines is 1. The fourth-order valence-electron chi connectivity index (χ4n) is 3.42. The molecular formula is C24H21N7S2. The van der Waals surface area contributed by atoms with Gasteiger partial charge in [-0.25, -0.2) is 25.1 Å². The molecule has 0 aliphatic heterocycles. The third-order valence-electron chi connectivity index (χ3n) is 4.86. The zero-order chi connectivity index (χ0) is 22.8. The average Bonchev–Trinajstić information content (AvgIpc) is 3.35. The van der Waals surface area contributed by atoms with Gasteiger partial charge in [-0.05, 0) is 62.9 Å². The third kappa shape index (κ3) is 4.64. The molecule has 0 aliphatic carbocycles. The number of hydrogen-bond donors (Lipinski definition) is 1. The van der Waals surface area contributed by atoms with Gasteiger partial charge in [-0.1, -0.05) is 30.3 Å². The van der Waals surface area contributed by atoms with Gasteiger partial charge in [0.1, 0.15) is 5.03 Å². The highest BCUT2D eigenvalue weighted by molar-refractivity contribution is 8.01. The van der Waals surface area contributed by atoms with Gasteiger partial charge in [0.2, 0.25) is 5.95 Å². The first kappa shape index (κ1) is 21.3. The van der Waals surface area contributed by atoms with Crippen molar-refractivity contribution in [3.05, 3.63) is 83.3 Å². The predicted molar refractivity (Wildman–Crippen MR) is 135 cm³/mol. The summed E-state index contributed by atoms with van der Waals surface area (Å²) in [6.07, 6.45) is 1.78. The van der Waals surface area contributed by atoms with Crippen LogP contribution in [0.4, 0.5) is 5.95 Å². The van der Waals surface area contributed by atoms with Crippen LogP contribution in [0.15, 0.2) is 75.1 Å². The molecule has 2 aromatic carbocycles. The summed E-state index contributed by atoms with van der Waals surface area (Å²) in [7, 11) is 0. The van der Waals surface area contributed by atoms with E-state index in [0.29, 0.717) is 5.95 Å². The number of fused-ring (bicyclic) bond motifs is 1. The van der Waals surface area contributed by atoms with E-state index in [-0.39, 0.29) is 0 Å². The molecule has 0 spiro atoms. The van der Waals surface area contributed by atoms with Crippen LogP contribution in [0.25, 0.3) is 15.9 Å². The van der Waals surface area contributed by atoms with E-state index in [9.17, 15) is 0 Å². The summed E-state index contributed by atoms with van der Waals surface area (Å²) in [6.45, 7) is 5.85. The van der Waals surface area contributed by atoms with Crippen LogP contribution < -0.4 is 5.43 Å². The summed E-state index contributed by atoms with van der Waals surface area (Å²) in [5.41, 5.74) is 8.49. The minimum Gasteiger partial charge on any atom is -0.245 e. The van der Waals surface area contributed by atoms with Crippen molar-refractivity contribution in [3.8, 4) is 5.69 Å². The molecule has 3 aromatic heterocycles. The van der Waals surface area contributed by atoms with Crippen molar-refractivity contribution in [2.75, 3.05) is 5.43 Å². The number of rotatable bonds is 6. The van der Waals surface area contributed by atoms with Gasteiger partial charge in [0, 0.05) is 11.4 Å². The molecule has 33 heavy (non-hydrogen) atoms. The van der Waals surface area contributed by atoms with Gasteiger partial charge in [-0.2, -0.15) is 10.2 Å². The number of para-hydroxylation sites is 2. The molecule has 0 atom stereocenters. The highest BCUT2D eigenvalue weighted by Crippen LogP contribution is 2.37. The van der Waals surface area contributed by atoms with Gasteiger partial charge in [0.15, 0.2) is 4.34 Å². The summed E-state index contributed by atoms with van der Waals surface area (Å²) >= 11 is 3.26. The molecule has 0 aliphatic rings. The Morgan fingerprint density at radius 1 is 0.939 bits per heavy atom. The maximum absolute atomic E-state index is 4.81. The van der Waals surface area contributed by atoms with Crippen molar-refractivity contribution in [3.63, 3.8) is 0 Å². The van der Waals surface area contributed by atoms with Crippen LogP contribution in [0, 0.1) is 20.8 Å². The minimum absolute atomic E-state index is 0.470. The lowest BCUT2D eigenvalue weighted by atomic mass is 10.3. The number of aryl methyl sites for hydroxylation is 3. The maximum Gasteiger partial charge on any atom is 0.243 e. The highest BCUT2D eigenvalue weighted by atomic mass is 32.2. The van der Waals surface area contributed by atoms with E-state index in [2.05, 4.69) is 26.6 Å². The molecule has 0 saturated heterocycles. The molecule has 5 aromatic rings. The fraction of sp³-hybridized carbons (Fsp3) is 0.125. The van der Waals surface area contributed by atoms with Crippen molar-refractivity contribution in [1.82, 2.24) is 24.7 Å². The molecule has 0 radical (unpaired) electrons. The smallest absolute Gasteiger partial charge is 0.243 e. The summed E-state index contributed by atoms with van der Waals surface area (Å²) < 4.78 is 4.06. The Hall–Kier alpha value is -3.56. The molecule has 3 heterocycles. The average molecular weight is 472 g/mol. The number of nitrogens with zero attached hydrogens (tertiary/aromatic N) is 6. The lowest BCUT2D eigenvalue weighted by Crippen LogP contribution is -2.01. The molecule has 9 heteroatoms. The van der Waals surface area contributed by atoms with Gasteiger partial charge in [0.05, 0.1) is 33.4 Å². The van der Waals surface area contributed by atoms with Gasteiger partial charge in [-0.15, -0.1) is 11.3 Å². The topological polar surface area (TPSA) is 80.9 Å². The molecule has 0 fully saturated rings. The molecule has 7 nitrogen and oxygen atoms in total. The third-order valence-corrected chi connectivity index (χ3v) is 7.05. The quantitative estimate of drug-likeness (QED) is 0.249. The second-order valence-electron chi connectivity index (χ2n) is 7.45. The van der Waals surface area contributed by atoms with E-state index >= 15 is 0 Å². The minimum atomic E-state index is 0.470. The van der Waals surface area contributed by atoms with Crippen LogP contribution in [0.3, 0.4) is 0 Å². The number of benzene rings is 2. The Kier molecular flexibility index (Phi) is 5.89. The Morgan fingerprint density at radius 2 is 1.67 bits per heavy atom. The molecule has 0 saturated carbocycles. The zero-order valence-electron chi connectivity index (χ0n) is 18.4. The van der Waals surface area contributed by atoms with E-state index < -0.39 is 0 Å². The van der Waals surface area contributed by atoms with Crippen molar-refractivity contribution in [1.29, 1.82) is 0 Å². The first-order chi connectivity index (χ1) is 16.1. The van der Waals surface area contributed by atoms with Crippen molar-refractivity contribution in [2.24, 2.45) is 5.10 Å². The molecule has 1 N–H and O–H groups in total. The van der Waals surface area contributed by atoms with E-state index in [0.717, 1.165) is 47.9 Å². The van der Waals surface area contributed by atoms with Gasteiger partial charge in [0.25, 0.3) is 0 Å². The number of hydrogen-bond acceptors (Lipinski definition) is 8. The van der Waals surface area contributed by atoms with E-state index in [1.165, 1.54) is 0 Å². The first-order valence-electron chi connectivity index (χ1n) is 10.4. The van der Waals surface area contributed by atoms with Crippen LogP contribution in [-0.2, 0) is 0 Å². The number of aromatic nitrogens is 5. The molecule has 0 amide bonds. The Balaban J connectivity index is 1.53. The van der Waals surface area contributed by atoms with E-state index in [1.54, 1.807) is 29.3 Å². The summed E-state index contributed by atoms with van der Waals surface area (Å²) in [5, 5.41) is 10.2. The van der Waals surface area contributed by atoms with Crippen LogP contribution >= 0.6 is 23.1 Å². The number of thiazole rings is 1. The Labute approximate surface area is 199 Å². The summed E-state index contributed by atoms with van der Waals surface area (Å²) in [6, 6.07) is 20.2. The Morgan fingerprint density at radius 3 is 2.42 bits per heavy atom. The van der Waals surface area contributed by atoms with Crippen LogP contribution in [0.5, 0.6) is 0 Å². The molecule has 0 unspecified atom stereocenters. The molecule has 5 rings (SSSR count). The van der Waals surface area contributed by atoms with Crippen molar-refractivity contribution >= 4 is 45.5 Å². The number of nitrogens with one attached hydrogen (secondary N) is 1. The summed E-state index contributed by atoms with van der Waals surface area (Å²) in [5.74, 6) is 0.470. The van der Waals surface area contributed by atoms with E-state index in [1.807, 2.05) is 80.1 Å². The predicted octanol–water partition coefficient (Wildman–Crippen LogP) is 5.79. The molecule has 0 bridgehead atoms. The SMILES string of the molecule is Cc1cc(C)nc(N/N=C/c2c(C)nn(-c3ccccc3)c2Sc2nc3ccccc3s2)n1. The van der Waals surface area contributed by atoms with Crippen LogP contribution in [-0.4, -0.2) is 30.9 Å². The largest absolute Gasteiger partial charge is 0.245 e. The lowest BCUT2D eigenvalue weighted by molar-refractivity contribution is 0.793. The van der Waals surface area contributed by atoms with Gasteiger partial charge >= 0.3 is 0 Å². The second kappa shape index (κ2) is 9.13. The summed E-state index contributed by atoms with van der Waals surface area (Å²) in [4.78, 5) is 13.6. The van der Waals surface area contributed by atoms with Crippen LogP contribution in [0.1, 0.15) is 22.6 Å². The molecule has 164 valence electrons. The Bertz CT molecular complexity index is 1400. The van der Waals surface area contributed by atoms with Crippen molar-refractivity contribution < 1.29 is 0 Å². The van der Waals surface area contributed by atoms with Crippen LogP contribution in [0.2, 0.25) is 0 Å². The maximum atomic E-state index is 4.81. The second-order valence-corrected chi connectivity index (χ2v) is 9.71. The standard InChI is InChI=1S/C24H21N7S2/c1-15-13-16(2)27-23(26-15)29-25-14-19-17(3)30-31(18-9-5-4-6-10-18)22(19)33-24-28-20-11-7-8-12-21(20)32-24/h4-14H,1-3H3,(H,26,27,29)/b25-14+. The molecular weight excluding hydrogens is 450 g/mol. The van der Waals surface area contributed by atoms with Gasteiger partial charge < -0.3 is 0 Å². The fourth-order valence-corrected chi connectivity index (χ4v) is 5.64. The highest BCUT2D eigenvalue weighted by Gasteiger charge is 2.18. The first-order valence-corrected chi connectivity index (χ1v) is 12.0. The number of hydrazone groups is 1. The normalized spacial score (nSPS) is 11.5. The van der Waals surface area contributed by atoms with E-state index in [4.69, 9.17) is 10.1 Å². The van der Waals surface area contributed by atoms with Crippen molar-refractivity contribution in [2.45, 2.75) is 30.1 Å².